The molecular weight excluding hydrogens is 382 g/mol. The summed E-state index contributed by atoms with van der Waals surface area (Å²) in [6, 6.07) is 7.88. The summed E-state index contributed by atoms with van der Waals surface area (Å²) in [4.78, 5) is 21.5. The minimum Gasteiger partial charge on any atom is -0.336 e. The third kappa shape index (κ3) is 2.72. The Kier molecular flexibility index (Phi) is 3.70. The molecule has 6 heterocycles. The topological polar surface area (TPSA) is 96.0 Å². The number of hydrogen-bond donors (Lipinski definition) is 2. The first kappa shape index (κ1) is 16.4. The van der Waals surface area contributed by atoms with Crippen molar-refractivity contribution < 1.29 is 0 Å². The molecule has 0 fully saturated rings. The van der Waals surface area contributed by atoms with Crippen molar-refractivity contribution in [3.8, 4) is 22.8 Å². The summed E-state index contributed by atoms with van der Waals surface area (Å²) in [6.45, 7) is 0. The van der Waals surface area contributed by atoms with Gasteiger partial charge in [-0.3, -0.25) is 20.1 Å². The Morgan fingerprint density at radius 1 is 0.966 bits per heavy atom. The van der Waals surface area contributed by atoms with Crippen LogP contribution in [0.2, 0.25) is 0 Å². The van der Waals surface area contributed by atoms with E-state index in [2.05, 4.69) is 35.5 Å². The smallest absolute Gasteiger partial charge is 0.159 e. The second kappa shape index (κ2) is 6.52. The van der Waals surface area contributed by atoms with Crippen LogP contribution in [0.25, 0.3) is 50.3 Å². The van der Waals surface area contributed by atoms with Gasteiger partial charge >= 0.3 is 0 Å². The van der Waals surface area contributed by atoms with Crippen molar-refractivity contribution in [1.29, 1.82) is 0 Å². The summed E-state index contributed by atoms with van der Waals surface area (Å²) < 4.78 is 0. The van der Waals surface area contributed by atoms with Crippen LogP contribution >= 0.6 is 11.8 Å². The molecule has 7 nitrogen and oxygen atoms in total. The number of nitrogens with one attached hydrogen (secondary N) is 2. The fourth-order valence-electron chi connectivity index (χ4n) is 3.62. The molecule has 5 aromatic heterocycles. The molecule has 0 aromatic carbocycles. The standard InChI is InChI=1S/C21H15N7S/c1-5-22-6-2-12(1)16-9-14-17(10-24-16)27-28-19(14)21-25-15-3-7-23-18(20(15)26-21)13-4-8-29-11-13/h1-3,5-7,9-11H,4,8H2,(H,25,26)(H,27,28). The van der Waals surface area contributed by atoms with Gasteiger partial charge in [0.25, 0.3) is 0 Å². The van der Waals surface area contributed by atoms with Crippen LogP contribution in [-0.4, -0.2) is 40.9 Å². The van der Waals surface area contributed by atoms with Crippen LogP contribution in [-0.2, 0) is 0 Å². The van der Waals surface area contributed by atoms with Gasteiger partial charge in [0, 0.05) is 35.3 Å². The van der Waals surface area contributed by atoms with Gasteiger partial charge in [0.15, 0.2) is 5.82 Å². The van der Waals surface area contributed by atoms with Gasteiger partial charge < -0.3 is 4.98 Å². The monoisotopic (exact) mass is 397 g/mol. The zero-order chi connectivity index (χ0) is 19.2. The van der Waals surface area contributed by atoms with Crippen molar-refractivity contribution in [2.24, 2.45) is 0 Å². The predicted octanol–water partition coefficient (Wildman–Crippen LogP) is 4.44. The highest BCUT2D eigenvalue weighted by atomic mass is 32.2. The number of allylic oxidation sites excluding steroid dienone is 1. The first-order valence-corrected chi connectivity index (χ1v) is 10.3. The minimum atomic E-state index is 0.721. The molecule has 1 aliphatic heterocycles. The second-order valence-electron chi connectivity index (χ2n) is 6.83. The fourth-order valence-corrected chi connectivity index (χ4v) is 4.51. The summed E-state index contributed by atoms with van der Waals surface area (Å²) in [6.07, 6.45) is 8.18. The summed E-state index contributed by atoms with van der Waals surface area (Å²) in [7, 11) is 0. The summed E-state index contributed by atoms with van der Waals surface area (Å²) in [5.41, 5.74) is 7.56. The normalized spacial score (nSPS) is 14.0. The average Bonchev–Trinajstić information content (AvgIpc) is 3.52. The Morgan fingerprint density at radius 2 is 1.90 bits per heavy atom. The first-order valence-electron chi connectivity index (χ1n) is 9.27. The largest absolute Gasteiger partial charge is 0.336 e. The summed E-state index contributed by atoms with van der Waals surface area (Å²) in [5.74, 6) is 1.82. The molecule has 0 amide bonds. The molecule has 2 N–H and O–H groups in total. The molecule has 0 saturated carbocycles. The molecule has 0 radical (unpaired) electrons. The van der Waals surface area contributed by atoms with Crippen LogP contribution in [0.1, 0.15) is 12.1 Å². The molecule has 0 atom stereocenters. The number of hydrogen-bond acceptors (Lipinski definition) is 6. The lowest BCUT2D eigenvalue weighted by Gasteiger charge is -2.00. The first-order chi connectivity index (χ1) is 14.4. The van der Waals surface area contributed by atoms with E-state index in [0.717, 1.165) is 62.6 Å². The third-order valence-electron chi connectivity index (χ3n) is 5.07. The predicted molar refractivity (Wildman–Crippen MR) is 115 cm³/mol. The second-order valence-corrected chi connectivity index (χ2v) is 7.81. The molecule has 0 saturated heterocycles. The Labute approximate surface area is 169 Å². The number of nitrogens with zero attached hydrogens (tertiary/aromatic N) is 5. The number of aromatic amines is 2. The molecule has 5 aromatic rings. The molecule has 6 rings (SSSR count). The quantitative estimate of drug-likeness (QED) is 0.467. The zero-order valence-corrected chi connectivity index (χ0v) is 16.1. The van der Waals surface area contributed by atoms with Gasteiger partial charge in [-0.2, -0.15) is 5.10 Å². The molecule has 0 spiro atoms. The highest BCUT2D eigenvalue weighted by Gasteiger charge is 2.18. The highest BCUT2D eigenvalue weighted by molar-refractivity contribution is 8.02. The van der Waals surface area contributed by atoms with Crippen molar-refractivity contribution in [1.82, 2.24) is 35.1 Å². The maximum absolute atomic E-state index is 4.87. The molecule has 1 aliphatic rings. The van der Waals surface area contributed by atoms with E-state index in [1.54, 1.807) is 18.6 Å². The van der Waals surface area contributed by atoms with Crippen molar-refractivity contribution in [3.05, 3.63) is 60.2 Å². The molecule has 0 unspecified atom stereocenters. The highest BCUT2D eigenvalue weighted by Crippen LogP contribution is 2.34. The Balaban J connectivity index is 1.51. The van der Waals surface area contributed by atoms with E-state index in [9.17, 15) is 0 Å². The molecule has 0 bridgehead atoms. The van der Waals surface area contributed by atoms with E-state index in [1.807, 2.05) is 42.2 Å². The van der Waals surface area contributed by atoms with E-state index in [-0.39, 0.29) is 0 Å². The van der Waals surface area contributed by atoms with Crippen molar-refractivity contribution in [3.63, 3.8) is 0 Å². The maximum Gasteiger partial charge on any atom is 0.159 e. The Hall–Kier alpha value is -3.52. The van der Waals surface area contributed by atoms with Gasteiger partial charge in [0.05, 0.1) is 28.6 Å². The van der Waals surface area contributed by atoms with E-state index in [1.165, 1.54) is 5.57 Å². The van der Waals surface area contributed by atoms with E-state index >= 15 is 0 Å². The van der Waals surface area contributed by atoms with Crippen molar-refractivity contribution in [2.75, 3.05) is 5.75 Å². The number of rotatable bonds is 3. The van der Waals surface area contributed by atoms with Gasteiger partial charge in [-0.05, 0) is 41.7 Å². The van der Waals surface area contributed by atoms with Crippen LogP contribution in [0.3, 0.4) is 0 Å². The summed E-state index contributed by atoms with van der Waals surface area (Å²) >= 11 is 1.82. The lowest BCUT2D eigenvalue weighted by molar-refractivity contribution is 1.10. The van der Waals surface area contributed by atoms with Crippen molar-refractivity contribution in [2.45, 2.75) is 6.42 Å². The summed E-state index contributed by atoms with van der Waals surface area (Å²) in [5, 5.41) is 10.7. The lowest BCUT2D eigenvalue weighted by atomic mass is 10.1. The van der Waals surface area contributed by atoms with Crippen LogP contribution in [0.5, 0.6) is 0 Å². The average molecular weight is 397 g/mol. The van der Waals surface area contributed by atoms with Crippen molar-refractivity contribution >= 4 is 39.3 Å². The van der Waals surface area contributed by atoms with Gasteiger partial charge in [-0.25, -0.2) is 4.98 Å². The number of thioether (sulfide) groups is 1. The van der Waals surface area contributed by atoms with Crippen LogP contribution in [0, 0.1) is 0 Å². The van der Waals surface area contributed by atoms with Crippen LogP contribution in [0.15, 0.2) is 54.5 Å². The molecule has 0 aliphatic carbocycles. The fraction of sp³-hybridized carbons (Fsp3) is 0.0952. The SMILES string of the molecule is C1=C(c2nccc3[nH]c(-c4n[nH]c5cnc(-c6ccncc6)cc45)nc23)CCS1. The van der Waals surface area contributed by atoms with E-state index in [0.29, 0.717) is 0 Å². The number of pyridine rings is 3. The van der Waals surface area contributed by atoms with Gasteiger partial charge in [-0.15, -0.1) is 11.8 Å². The molecule has 29 heavy (non-hydrogen) atoms. The van der Waals surface area contributed by atoms with Gasteiger partial charge in [0.1, 0.15) is 11.2 Å². The zero-order valence-electron chi connectivity index (χ0n) is 15.3. The molecule has 8 heteroatoms. The maximum atomic E-state index is 4.87. The van der Waals surface area contributed by atoms with Crippen LogP contribution < -0.4 is 0 Å². The van der Waals surface area contributed by atoms with E-state index < -0.39 is 0 Å². The number of imidazole rings is 1. The number of fused-ring (bicyclic) bond motifs is 2. The number of H-pyrrole nitrogens is 2. The molecular formula is C21H15N7S. The molecule has 140 valence electrons. The van der Waals surface area contributed by atoms with Gasteiger partial charge in [-0.1, -0.05) is 0 Å². The van der Waals surface area contributed by atoms with Crippen LogP contribution in [0.4, 0.5) is 0 Å². The lowest BCUT2D eigenvalue weighted by Crippen LogP contribution is -1.89. The Bertz CT molecular complexity index is 1380. The van der Waals surface area contributed by atoms with E-state index in [4.69, 9.17) is 4.98 Å². The van der Waals surface area contributed by atoms with Gasteiger partial charge in [0.2, 0.25) is 0 Å². The minimum absolute atomic E-state index is 0.721. The third-order valence-corrected chi connectivity index (χ3v) is 5.96. The number of aromatic nitrogens is 7. The Morgan fingerprint density at radius 3 is 2.76 bits per heavy atom.